The lowest BCUT2D eigenvalue weighted by molar-refractivity contribution is -0.157. The maximum atomic E-state index is 12.4. The van der Waals surface area contributed by atoms with Gasteiger partial charge in [-0.05, 0) is 34.1 Å². The third kappa shape index (κ3) is 2.32. The summed E-state index contributed by atoms with van der Waals surface area (Å²) in [6.07, 6.45) is 0.584. The smallest absolute Gasteiger partial charge is 0.246 e. The molecule has 110 valence electrons. The van der Waals surface area contributed by atoms with Crippen LogP contribution in [0.2, 0.25) is 0 Å². The summed E-state index contributed by atoms with van der Waals surface area (Å²) in [6, 6.07) is -0.468. The van der Waals surface area contributed by atoms with Crippen LogP contribution in [0, 0.1) is 13.8 Å². The zero-order valence-corrected chi connectivity index (χ0v) is 13.4. The zero-order valence-electron chi connectivity index (χ0n) is 12.6. The molecular weight excluding hydrogens is 274 g/mol. The van der Waals surface area contributed by atoms with Gasteiger partial charge < -0.3 is 10.2 Å². The molecule has 0 saturated carbocycles. The average molecular weight is 295 g/mol. The third-order valence-corrected chi connectivity index (χ3v) is 5.18. The Hall–Kier alpha value is -1.43. The van der Waals surface area contributed by atoms with Crippen LogP contribution in [0.1, 0.15) is 42.8 Å². The monoisotopic (exact) mass is 295 g/mol. The number of nitrogens with zero attached hydrogens (tertiary/aromatic N) is 2. The molecule has 0 radical (unpaired) electrons. The van der Waals surface area contributed by atoms with Gasteiger partial charge in [0, 0.05) is 4.88 Å². The molecule has 0 bridgehead atoms. The van der Waals surface area contributed by atoms with E-state index in [2.05, 4.69) is 10.3 Å². The first-order valence-corrected chi connectivity index (χ1v) is 7.66. The van der Waals surface area contributed by atoms with Gasteiger partial charge in [-0.25, -0.2) is 4.98 Å². The minimum Gasteiger partial charge on any atom is -0.343 e. The van der Waals surface area contributed by atoms with E-state index >= 15 is 0 Å². The highest BCUT2D eigenvalue weighted by Gasteiger charge is 2.47. The Morgan fingerprint density at radius 2 is 2.05 bits per heavy atom. The Labute approximate surface area is 123 Å². The fourth-order valence-electron chi connectivity index (χ4n) is 2.36. The first-order valence-electron chi connectivity index (χ1n) is 6.85. The number of carbonyl (C=O) groups excluding carboxylic acids is 2. The van der Waals surface area contributed by atoms with Crippen LogP contribution in [0.4, 0.5) is 0 Å². The van der Waals surface area contributed by atoms with E-state index < -0.39 is 11.6 Å². The van der Waals surface area contributed by atoms with Crippen molar-refractivity contribution >= 4 is 23.2 Å². The van der Waals surface area contributed by atoms with Crippen LogP contribution in [0.5, 0.6) is 0 Å². The van der Waals surface area contributed by atoms with Crippen LogP contribution >= 0.6 is 11.3 Å². The third-order valence-electron chi connectivity index (χ3n) is 4.12. The molecule has 1 N–H and O–H groups in total. The van der Waals surface area contributed by atoms with Crippen molar-refractivity contribution in [2.45, 2.75) is 59.2 Å². The number of rotatable bonds is 3. The SMILES string of the molecule is CCC1(C)C(=O)NC(C)C(=O)N1Cc1nc(C)c(C)s1. The molecule has 2 unspecified atom stereocenters. The maximum absolute atomic E-state index is 12.4. The molecule has 0 aromatic carbocycles. The largest absolute Gasteiger partial charge is 0.343 e. The number of nitrogens with one attached hydrogen (secondary N) is 1. The van der Waals surface area contributed by atoms with Crippen molar-refractivity contribution in [3.8, 4) is 0 Å². The molecular formula is C14H21N3O2S. The van der Waals surface area contributed by atoms with Crippen molar-refractivity contribution in [3.05, 3.63) is 15.6 Å². The van der Waals surface area contributed by atoms with E-state index in [1.165, 1.54) is 0 Å². The Bertz CT molecular complexity index is 535. The summed E-state index contributed by atoms with van der Waals surface area (Å²) >= 11 is 1.59. The second-order valence-corrected chi connectivity index (χ2v) is 6.78. The predicted molar refractivity (Wildman–Crippen MR) is 78.4 cm³/mol. The Balaban J connectivity index is 2.33. The molecule has 6 heteroatoms. The first-order chi connectivity index (χ1) is 9.29. The molecule has 2 rings (SSSR count). The number of hydrogen-bond donors (Lipinski definition) is 1. The van der Waals surface area contributed by atoms with Gasteiger partial charge >= 0.3 is 0 Å². The van der Waals surface area contributed by atoms with Crippen molar-refractivity contribution in [1.82, 2.24) is 15.2 Å². The first kappa shape index (κ1) is 15.0. The Kier molecular flexibility index (Phi) is 3.86. The van der Waals surface area contributed by atoms with Gasteiger partial charge in [-0.1, -0.05) is 6.92 Å². The average Bonchev–Trinajstić information content (AvgIpc) is 2.71. The van der Waals surface area contributed by atoms with E-state index in [0.29, 0.717) is 13.0 Å². The summed E-state index contributed by atoms with van der Waals surface area (Å²) in [7, 11) is 0. The Morgan fingerprint density at radius 1 is 1.40 bits per heavy atom. The van der Waals surface area contributed by atoms with Crippen molar-refractivity contribution in [2.75, 3.05) is 0 Å². The normalized spacial score (nSPS) is 26.9. The minimum atomic E-state index is -0.795. The van der Waals surface area contributed by atoms with Gasteiger partial charge in [0.25, 0.3) is 0 Å². The van der Waals surface area contributed by atoms with Crippen LogP contribution in [-0.4, -0.2) is 33.3 Å². The number of amides is 2. The van der Waals surface area contributed by atoms with Gasteiger partial charge in [0.1, 0.15) is 16.6 Å². The molecule has 1 aliphatic heterocycles. The molecule has 2 atom stereocenters. The predicted octanol–water partition coefficient (Wildman–Crippen LogP) is 1.78. The number of carbonyl (C=O) groups is 2. The van der Waals surface area contributed by atoms with Gasteiger partial charge in [-0.15, -0.1) is 11.3 Å². The molecule has 1 saturated heterocycles. The molecule has 1 aliphatic rings. The second kappa shape index (κ2) is 5.16. The fraction of sp³-hybridized carbons (Fsp3) is 0.643. The van der Waals surface area contributed by atoms with E-state index in [0.717, 1.165) is 15.6 Å². The summed E-state index contributed by atoms with van der Waals surface area (Å²) in [5, 5.41) is 3.64. The van der Waals surface area contributed by atoms with E-state index in [1.54, 1.807) is 23.2 Å². The van der Waals surface area contributed by atoms with E-state index in [1.807, 2.05) is 27.7 Å². The summed E-state index contributed by atoms with van der Waals surface area (Å²) in [4.78, 5) is 32.0. The van der Waals surface area contributed by atoms with Gasteiger partial charge in [-0.2, -0.15) is 0 Å². The van der Waals surface area contributed by atoms with Gasteiger partial charge in [0.2, 0.25) is 11.8 Å². The van der Waals surface area contributed by atoms with Crippen molar-refractivity contribution < 1.29 is 9.59 Å². The molecule has 1 aromatic heterocycles. The van der Waals surface area contributed by atoms with Gasteiger partial charge in [-0.3, -0.25) is 9.59 Å². The molecule has 0 spiro atoms. The van der Waals surface area contributed by atoms with Crippen LogP contribution < -0.4 is 5.32 Å². The number of piperazine rings is 1. The van der Waals surface area contributed by atoms with Crippen molar-refractivity contribution in [3.63, 3.8) is 0 Å². The van der Waals surface area contributed by atoms with Gasteiger partial charge in [0.05, 0.1) is 12.2 Å². The van der Waals surface area contributed by atoms with E-state index in [9.17, 15) is 9.59 Å². The fourth-order valence-corrected chi connectivity index (χ4v) is 3.28. The van der Waals surface area contributed by atoms with Crippen LogP contribution in [0.15, 0.2) is 0 Å². The summed E-state index contributed by atoms with van der Waals surface area (Å²) < 4.78 is 0. The van der Waals surface area contributed by atoms with Gasteiger partial charge in [0.15, 0.2) is 0 Å². The molecule has 2 amide bonds. The van der Waals surface area contributed by atoms with Crippen LogP contribution in [0.3, 0.4) is 0 Å². The maximum Gasteiger partial charge on any atom is 0.246 e. The molecule has 0 aliphatic carbocycles. The van der Waals surface area contributed by atoms with E-state index in [4.69, 9.17) is 0 Å². The summed E-state index contributed by atoms with van der Waals surface area (Å²) in [5.74, 6) is -0.128. The summed E-state index contributed by atoms with van der Waals surface area (Å²) in [5.41, 5.74) is 0.196. The molecule has 5 nitrogen and oxygen atoms in total. The Morgan fingerprint density at radius 3 is 2.55 bits per heavy atom. The number of aryl methyl sites for hydroxylation is 2. The second-order valence-electron chi connectivity index (χ2n) is 5.50. The number of thiazole rings is 1. The standard InChI is InChI=1S/C14H21N3O2S/c1-6-14(5)13(19)16-9(3)12(18)17(14)7-11-15-8(2)10(4)20-11/h9H,6-7H2,1-5H3,(H,16,19). The lowest BCUT2D eigenvalue weighted by atomic mass is 9.91. The van der Waals surface area contributed by atoms with Crippen molar-refractivity contribution in [1.29, 1.82) is 0 Å². The van der Waals surface area contributed by atoms with Crippen LogP contribution in [-0.2, 0) is 16.1 Å². The quantitative estimate of drug-likeness (QED) is 0.924. The highest BCUT2D eigenvalue weighted by molar-refractivity contribution is 7.11. The zero-order chi connectivity index (χ0) is 15.1. The molecule has 2 heterocycles. The number of hydrogen-bond acceptors (Lipinski definition) is 4. The van der Waals surface area contributed by atoms with Crippen molar-refractivity contribution in [2.24, 2.45) is 0 Å². The highest BCUT2D eigenvalue weighted by Crippen LogP contribution is 2.28. The summed E-state index contributed by atoms with van der Waals surface area (Å²) in [6.45, 7) is 9.85. The molecule has 1 aromatic rings. The highest BCUT2D eigenvalue weighted by atomic mass is 32.1. The number of aromatic nitrogens is 1. The van der Waals surface area contributed by atoms with Crippen LogP contribution in [0.25, 0.3) is 0 Å². The lowest BCUT2D eigenvalue weighted by Gasteiger charge is -2.44. The minimum absolute atomic E-state index is 0.0422. The van der Waals surface area contributed by atoms with E-state index in [-0.39, 0.29) is 11.8 Å². The lowest BCUT2D eigenvalue weighted by Crippen LogP contribution is -2.68. The topological polar surface area (TPSA) is 62.3 Å². The molecule has 1 fully saturated rings. The molecule has 20 heavy (non-hydrogen) atoms.